The van der Waals surface area contributed by atoms with Crippen LogP contribution < -0.4 is 10.6 Å². The van der Waals surface area contributed by atoms with Crippen LogP contribution in [0.1, 0.15) is 24.8 Å². The quantitative estimate of drug-likeness (QED) is 0.671. The van der Waals surface area contributed by atoms with Gasteiger partial charge in [-0.25, -0.2) is 4.79 Å². The standard InChI is InChI=1S/C17H21N3O3/c21-16(14-7-3-4-8-18-14)20-15(17(22)23)9-11-10-19-13-6-2-1-5-12(11)13/h1-2,5-6,10,14-15,18-19H,3-4,7-9H2,(H,20,21)(H,22,23)/t14?,15-/m0/s1. The minimum absolute atomic E-state index is 0.225. The van der Waals surface area contributed by atoms with Gasteiger partial charge in [-0.05, 0) is 31.0 Å². The number of aromatic amines is 1. The number of carboxylic acid groups (broad SMARTS) is 1. The number of carbonyl (C=O) groups excluding carboxylic acids is 1. The lowest BCUT2D eigenvalue weighted by Gasteiger charge is -2.24. The molecule has 0 radical (unpaired) electrons. The molecule has 4 N–H and O–H groups in total. The van der Waals surface area contributed by atoms with Crippen LogP contribution in [0.5, 0.6) is 0 Å². The number of piperidine rings is 1. The highest BCUT2D eigenvalue weighted by Crippen LogP contribution is 2.19. The van der Waals surface area contributed by atoms with E-state index in [0.717, 1.165) is 42.3 Å². The Hall–Kier alpha value is -2.34. The van der Waals surface area contributed by atoms with E-state index < -0.39 is 12.0 Å². The lowest BCUT2D eigenvalue weighted by atomic mass is 10.0. The number of hydrogen-bond acceptors (Lipinski definition) is 3. The van der Waals surface area contributed by atoms with Crippen LogP contribution in [0.25, 0.3) is 10.9 Å². The number of amides is 1. The number of hydrogen-bond donors (Lipinski definition) is 4. The zero-order valence-corrected chi connectivity index (χ0v) is 12.8. The van der Waals surface area contributed by atoms with Gasteiger partial charge in [0, 0.05) is 23.5 Å². The lowest BCUT2D eigenvalue weighted by molar-refractivity contribution is -0.142. The Morgan fingerprint density at radius 3 is 2.87 bits per heavy atom. The molecule has 122 valence electrons. The van der Waals surface area contributed by atoms with Crippen LogP contribution in [-0.2, 0) is 16.0 Å². The third kappa shape index (κ3) is 3.53. The van der Waals surface area contributed by atoms with Gasteiger partial charge in [0.1, 0.15) is 6.04 Å². The Morgan fingerprint density at radius 2 is 2.13 bits per heavy atom. The van der Waals surface area contributed by atoms with Crippen LogP contribution in [0, 0.1) is 0 Å². The lowest BCUT2D eigenvalue weighted by Crippen LogP contribution is -2.52. The zero-order chi connectivity index (χ0) is 16.2. The van der Waals surface area contributed by atoms with Crippen molar-refractivity contribution in [2.75, 3.05) is 6.54 Å². The molecular weight excluding hydrogens is 294 g/mol. The first-order chi connectivity index (χ1) is 11.1. The molecule has 1 aliphatic heterocycles. The maximum atomic E-state index is 12.3. The van der Waals surface area contributed by atoms with Crippen LogP contribution in [-0.4, -0.2) is 40.6 Å². The van der Waals surface area contributed by atoms with Crippen molar-refractivity contribution in [1.29, 1.82) is 0 Å². The maximum absolute atomic E-state index is 12.3. The Balaban J connectivity index is 1.71. The van der Waals surface area contributed by atoms with E-state index in [-0.39, 0.29) is 18.4 Å². The van der Waals surface area contributed by atoms with Gasteiger partial charge in [-0.15, -0.1) is 0 Å². The van der Waals surface area contributed by atoms with Crippen molar-refractivity contribution in [1.82, 2.24) is 15.6 Å². The summed E-state index contributed by atoms with van der Waals surface area (Å²) < 4.78 is 0. The van der Waals surface area contributed by atoms with E-state index in [0.29, 0.717) is 0 Å². The summed E-state index contributed by atoms with van der Waals surface area (Å²) in [5, 5.41) is 16.3. The van der Waals surface area contributed by atoms with Gasteiger partial charge in [-0.1, -0.05) is 24.6 Å². The molecule has 1 aliphatic rings. The third-order valence-electron chi connectivity index (χ3n) is 4.34. The highest BCUT2D eigenvalue weighted by molar-refractivity contribution is 5.88. The first-order valence-corrected chi connectivity index (χ1v) is 7.96. The van der Waals surface area contributed by atoms with E-state index >= 15 is 0 Å². The van der Waals surface area contributed by atoms with Crippen molar-refractivity contribution in [2.45, 2.75) is 37.8 Å². The first-order valence-electron chi connectivity index (χ1n) is 7.96. The monoisotopic (exact) mass is 315 g/mol. The molecule has 0 saturated carbocycles. The molecular formula is C17H21N3O3. The maximum Gasteiger partial charge on any atom is 0.326 e. The number of fused-ring (bicyclic) bond motifs is 1. The molecule has 1 amide bonds. The number of carboxylic acids is 1. The normalized spacial score (nSPS) is 19.4. The van der Waals surface area contributed by atoms with Crippen molar-refractivity contribution < 1.29 is 14.7 Å². The minimum atomic E-state index is -1.01. The molecule has 2 atom stereocenters. The Kier molecular flexibility index (Phi) is 4.62. The largest absolute Gasteiger partial charge is 0.480 e. The summed E-state index contributed by atoms with van der Waals surface area (Å²) in [7, 11) is 0. The molecule has 6 heteroatoms. The van der Waals surface area contributed by atoms with Crippen molar-refractivity contribution in [2.24, 2.45) is 0 Å². The highest BCUT2D eigenvalue weighted by Gasteiger charge is 2.27. The van der Waals surface area contributed by atoms with Crippen LogP contribution >= 0.6 is 0 Å². The summed E-state index contributed by atoms with van der Waals surface area (Å²) in [5.74, 6) is -1.24. The van der Waals surface area contributed by atoms with Crippen molar-refractivity contribution in [3.63, 3.8) is 0 Å². The zero-order valence-electron chi connectivity index (χ0n) is 12.8. The SMILES string of the molecule is O=C(N[C@@H](Cc1c[nH]c2ccccc12)C(=O)O)C1CCCCN1. The minimum Gasteiger partial charge on any atom is -0.480 e. The van der Waals surface area contributed by atoms with Gasteiger partial charge < -0.3 is 20.7 Å². The third-order valence-corrected chi connectivity index (χ3v) is 4.34. The second kappa shape index (κ2) is 6.83. The Bertz CT molecular complexity index is 704. The molecule has 2 aromatic rings. The molecule has 1 fully saturated rings. The van der Waals surface area contributed by atoms with E-state index in [9.17, 15) is 14.7 Å². The van der Waals surface area contributed by atoms with Crippen LogP contribution in [0.15, 0.2) is 30.5 Å². The van der Waals surface area contributed by atoms with Gasteiger partial charge in [-0.3, -0.25) is 4.79 Å². The topological polar surface area (TPSA) is 94.2 Å². The van der Waals surface area contributed by atoms with Crippen molar-refractivity contribution in [3.8, 4) is 0 Å². The van der Waals surface area contributed by atoms with Crippen LogP contribution in [0.2, 0.25) is 0 Å². The fraction of sp³-hybridized carbons (Fsp3) is 0.412. The Labute approximate surface area is 134 Å². The second-order valence-electron chi connectivity index (χ2n) is 5.97. The number of aliphatic carboxylic acids is 1. The number of benzene rings is 1. The van der Waals surface area contributed by atoms with Gasteiger partial charge in [0.25, 0.3) is 0 Å². The molecule has 0 bridgehead atoms. The number of carbonyl (C=O) groups is 2. The molecule has 6 nitrogen and oxygen atoms in total. The molecule has 0 spiro atoms. The smallest absolute Gasteiger partial charge is 0.326 e. The van der Waals surface area contributed by atoms with Gasteiger partial charge in [-0.2, -0.15) is 0 Å². The van der Waals surface area contributed by atoms with E-state index in [4.69, 9.17) is 0 Å². The average molecular weight is 315 g/mol. The molecule has 1 aromatic carbocycles. The fourth-order valence-corrected chi connectivity index (χ4v) is 3.07. The number of rotatable bonds is 5. The summed E-state index contributed by atoms with van der Waals surface area (Å²) in [4.78, 5) is 26.9. The number of H-pyrrole nitrogens is 1. The fourth-order valence-electron chi connectivity index (χ4n) is 3.07. The highest BCUT2D eigenvalue weighted by atomic mass is 16.4. The molecule has 1 aromatic heterocycles. The predicted octanol–water partition coefficient (Wildman–Crippen LogP) is 1.42. The van der Waals surface area contributed by atoms with Crippen LogP contribution in [0.4, 0.5) is 0 Å². The van der Waals surface area contributed by atoms with E-state index in [1.54, 1.807) is 0 Å². The average Bonchev–Trinajstić information content (AvgIpc) is 2.98. The molecule has 0 aliphatic carbocycles. The van der Waals surface area contributed by atoms with E-state index in [2.05, 4.69) is 15.6 Å². The van der Waals surface area contributed by atoms with Crippen molar-refractivity contribution in [3.05, 3.63) is 36.0 Å². The van der Waals surface area contributed by atoms with E-state index in [1.165, 1.54) is 0 Å². The summed E-state index contributed by atoms with van der Waals surface area (Å²) in [6.45, 7) is 0.804. The first kappa shape index (κ1) is 15.6. The summed E-state index contributed by atoms with van der Waals surface area (Å²) in [6.07, 6.45) is 4.88. The predicted molar refractivity (Wildman–Crippen MR) is 87.2 cm³/mol. The molecule has 1 unspecified atom stereocenters. The number of nitrogens with one attached hydrogen (secondary N) is 3. The number of aromatic nitrogens is 1. The number of para-hydroxylation sites is 1. The summed E-state index contributed by atoms with van der Waals surface area (Å²) >= 11 is 0. The molecule has 3 rings (SSSR count). The van der Waals surface area contributed by atoms with Gasteiger partial charge in [0.2, 0.25) is 5.91 Å². The second-order valence-corrected chi connectivity index (χ2v) is 5.97. The molecule has 2 heterocycles. The van der Waals surface area contributed by atoms with Gasteiger partial charge in [0.15, 0.2) is 0 Å². The van der Waals surface area contributed by atoms with Crippen molar-refractivity contribution >= 4 is 22.8 Å². The summed E-state index contributed by atoms with van der Waals surface area (Å²) in [5.41, 5.74) is 1.86. The van der Waals surface area contributed by atoms with Gasteiger partial charge >= 0.3 is 5.97 Å². The van der Waals surface area contributed by atoms with Gasteiger partial charge in [0.05, 0.1) is 6.04 Å². The molecule has 23 heavy (non-hydrogen) atoms. The Morgan fingerprint density at radius 1 is 1.30 bits per heavy atom. The molecule has 1 saturated heterocycles. The summed E-state index contributed by atoms with van der Waals surface area (Å²) in [6, 6.07) is 6.52. The van der Waals surface area contributed by atoms with E-state index in [1.807, 2.05) is 30.5 Å². The van der Waals surface area contributed by atoms with Crippen LogP contribution in [0.3, 0.4) is 0 Å².